The van der Waals surface area contributed by atoms with E-state index in [0.29, 0.717) is 13.0 Å². The highest BCUT2D eigenvalue weighted by atomic mass is 16.6. The van der Waals surface area contributed by atoms with Gasteiger partial charge in [0, 0.05) is 13.1 Å². The number of carbonyl (C=O) groups excluding carboxylic acids is 1. The molecule has 7 nitrogen and oxygen atoms in total. The number of amides is 1. The van der Waals surface area contributed by atoms with Crippen LogP contribution in [0.1, 0.15) is 31.9 Å². The molecule has 0 aromatic heterocycles. The molecule has 0 bridgehead atoms. The first kappa shape index (κ1) is 22.5. The SMILES string of the molecule is CC(C)(C)OC(=O)N[C@@H](Cc1ccccc1)[C@H](O)CNCc1ccc(O)c(O)c1. The van der Waals surface area contributed by atoms with Gasteiger partial charge in [0.25, 0.3) is 0 Å². The highest BCUT2D eigenvalue weighted by Gasteiger charge is 2.24. The summed E-state index contributed by atoms with van der Waals surface area (Å²) >= 11 is 0. The van der Waals surface area contributed by atoms with Gasteiger partial charge in [-0.1, -0.05) is 36.4 Å². The monoisotopic (exact) mass is 402 g/mol. The third kappa shape index (κ3) is 8.01. The van der Waals surface area contributed by atoms with E-state index >= 15 is 0 Å². The van der Waals surface area contributed by atoms with Crippen LogP contribution < -0.4 is 10.6 Å². The molecule has 158 valence electrons. The Bertz CT molecular complexity index is 790. The van der Waals surface area contributed by atoms with Crippen molar-refractivity contribution in [3.8, 4) is 11.5 Å². The van der Waals surface area contributed by atoms with Crippen molar-refractivity contribution < 1.29 is 24.9 Å². The minimum Gasteiger partial charge on any atom is -0.504 e. The van der Waals surface area contributed by atoms with Gasteiger partial charge in [-0.15, -0.1) is 0 Å². The van der Waals surface area contributed by atoms with Crippen molar-refractivity contribution in [3.05, 3.63) is 59.7 Å². The van der Waals surface area contributed by atoms with E-state index in [2.05, 4.69) is 10.6 Å². The number of aliphatic hydroxyl groups is 1. The molecule has 29 heavy (non-hydrogen) atoms. The van der Waals surface area contributed by atoms with Crippen LogP contribution in [0.2, 0.25) is 0 Å². The predicted octanol–water partition coefficient (Wildman–Crippen LogP) is 2.68. The lowest BCUT2D eigenvalue weighted by atomic mass is 10.0. The highest BCUT2D eigenvalue weighted by Crippen LogP contribution is 2.24. The standard InChI is InChI=1S/C22H30N2O5/c1-22(2,3)29-21(28)24-17(11-15-7-5-4-6-8-15)20(27)14-23-13-16-9-10-18(25)19(26)12-16/h4-10,12,17,20,23,25-27H,11,13-14H2,1-3H3,(H,24,28)/t17-,20+/m0/s1. The van der Waals surface area contributed by atoms with Crippen molar-refractivity contribution >= 4 is 6.09 Å². The second-order valence-electron chi connectivity index (χ2n) is 7.96. The number of aromatic hydroxyl groups is 2. The van der Waals surface area contributed by atoms with Gasteiger partial charge >= 0.3 is 6.09 Å². The largest absolute Gasteiger partial charge is 0.504 e. The molecular formula is C22H30N2O5. The lowest BCUT2D eigenvalue weighted by molar-refractivity contribution is 0.0422. The minimum absolute atomic E-state index is 0.182. The summed E-state index contributed by atoms with van der Waals surface area (Å²) in [4.78, 5) is 12.2. The van der Waals surface area contributed by atoms with Crippen LogP contribution in [0.25, 0.3) is 0 Å². The first-order chi connectivity index (χ1) is 13.6. The molecule has 0 saturated heterocycles. The van der Waals surface area contributed by atoms with Crippen LogP contribution in [0, 0.1) is 0 Å². The molecule has 0 aliphatic heterocycles. The maximum atomic E-state index is 12.2. The van der Waals surface area contributed by atoms with Crippen molar-refractivity contribution in [1.29, 1.82) is 0 Å². The summed E-state index contributed by atoms with van der Waals surface area (Å²) in [5.74, 6) is -0.378. The smallest absolute Gasteiger partial charge is 0.407 e. The van der Waals surface area contributed by atoms with E-state index in [1.807, 2.05) is 30.3 Å². The van der Waals surface area contributed by atoms with Crippen LogP contribution in [0.3, 0.4) is 0 Å². The van der Waals surface area contributed by atoms with Crippen LogP contribution in [0.15, 0.2) is 48.5 Å². The average Bonchev–Trinajstić information content (AvgIpc) is 2.63. The number of nitrogens with one attached hydrogen (secondary N) is 2. The molecule has 2 aromatic rings. The van der Waals surface area contributed by atoms with Crippen LogP contribution in [-0.4, -0.2) is 45.7 Å². The lowest BCUT2D eigenvalue weighted by Gasteiger charge is -2.27. The van der Waals surface area contributed by atoms with Crippen LogP contribution in [0.4, 0.5) is 4.79 Å². The van der Waals surface area contributed by atoms with Crippen molar-refractivity contribution in [2.45, 2.75) is 51.5 Å². The Balaban J connectivity index is 1.97. The van der Waals surface area contributed by atoms with Crippen molar-refractivity contribution in [2.75, 3.05) is 6.54 Å². The highest BCUT2D eigenvalue weighted by molar-refractivity contribution is 5.68. The van der Waals surface area contributed by atoms with Crippen molar-refractivity contribution in [2.24, 2.45) is 0 Å². The summed E-state index contributed by atoms with van der Waals surface area (Å²) in [5.41, 5.74) is 1.11. The van der Waals surface area contributed by atoms with Crippen molar-refractivity contribution in [3.63, 3.8) is 0 Å². The van der Waals surface area contributed by atoms with E-state index in [0.717, 1.165) is 11.1 Å². The van der Waals surface area contributed by atoms with Gasteiger partial charge in [0.15, 0.2) is 11.5 Å². The van der Waals surface area contributed by atoms with E-state index < -0.39 is 23.8 Å². The third-order valence-electron chi connectivity index (χ3n) is 4.19. The number of hydrogen-bond donors (Lipinski definition) is 5. The molecule has 2 aromatic carbocycles. The molecule has 2 rings (SSSR count). The maximum absolute atomic E-state index is 12.2. The number of ether oxygens (including phenoxy) is 1. The van der Waals surface area contributed by atoms with Gasteiger partial charge in [-0.3, -0.25) is 0 Å². The molecule has 0 fully saturated rings. The maximum Gasteiger partial charge on any atom is 0.407 e. The van der Waals surface area contributed by atoms with E-state index in [4.69, 9.17) is 4.74 Å². The summed E-state index contributed by atoms with van der Waals surface area (Å²) in [5, 5.41) is 35.5. The van der Waals surface area contributed by atoms with Gasteiger partial charge < -0.3 is 30.7 Å². The molecule has 5 N–H and O–H groups in total. The Kier molecular flexibility index (Phi) is 7.87. The third-order valence-corrected chi connectivity index (χ3v) is 4.19. The molecule has 7 heteroatoms. The number of alkyl carbamates (subject to hydrolysis) is 1. The molecule has 0 spiro atoms. The fourth-order valence-corrected chi connectivity index (χ4v) is 2.80. The number of hydrogen-bond acceptors (Lipinski definition) is 6. The van der Waals surface area contributed by atoms with Crippen molar-refractivity contribution in [1.82, 2.24) is 10.6 Å². The van der Waals surface area contributed by atoms with E-state index in [-0.39, 0.29) is 18.0 Å². The van der Waals surface area contributed by atoms with E-state index in [1.54, 1.807) is 26.8 Å². The second-order valence-corrected chi connectivity index (χ2v) is 7.96. The normalized spacial score (nSPS) is 13.5. The van der Waals surface area contributed by atoms with Crippen LogP contribution in [-0.2, 0) is 17.7 Å². The molecule has 1 amide bonds. The zero-order valence-corrected chi connectivity index (χ0v) is 17.1. The summed E-state index contributed by atoms with van der Waals surface area (Å²) < 4.78 is 5.32. The molecule has 0 heterocycles. The Labute approximate surface area is 171 Å². The van der Waals surface area contributed by atoms with Gasteiger partial charge in [-0.2, -0.15) is 0 Å². The van der Waals surface area contributed by atoms with Gasteiger partial charge in [0.05, 0.1) is 12.1 Å². The van der Waals surface area contributed by atoms with E-state index in [9.17, 15) is 20.1 Å². The molecule has 0 saturated carbocycles. The Morgan fingerprint density at radius 3 is 2.34 bits per heavy atom. The second kappa shape index (κ2) is 10.1. The molecule has 2 atom stereocenters. The number of rotatable bonds is 8. The van der Waals surface area contributed by atoms with Gasteiger partial charge in [-0.25, -0.2) is 4.79 Å². The Morgan fingerprint density at radius 1 is 1.03 bits per heavy atom. The molecule has 0 unspecified atom stereocenters. The fourth-order valence-electron chi connectivity index (χ4n) is 2.80. The van der Waals surface area contributed by atoms with Gasteiger partial charge in [0.1, 0.15) is 5.60 Å². The number of aliphatic hydroxyl groups excluding tert-OH is 1. The summed E-state index contributed by atoms with van der Waals surface area (Å²) in [7, 11) is 0. The first-order valence-electron chi connectivity index (χ1n) is 9.57. The lowest BCUT2D eigenvalue weighted by Crippen LogP contribution is -2.49. The summed E-state index contributed by atoms with van der Waals surface area (Å²) in [6.45, 7) is 5.95. The number of phenolic OH excluding ortho intramolecular Hbond substituents is 2. The van der Waals surface area contributed by atoms with Crippen LogP contribution >= 0.6 is 0 Å². The zero-order chi connectivity index (χ0) is 21.4. The van der Waals surface area contributed by atoms with Crippen LogP contribution in [0.5, 0.6) is 11.5 Å². The number of phenols is 2. The Morgan fingerprint density at radius 2 is 1.72 bits per heavy atom. The predicted molar refractivity (Wildman–Crippen MR) is 111 cm³/mol. The van der Waals surface area contributed by atoms with E-state index in [1.165, 1.54) is 12.1 Å². The molecular weight excluding hydrogens is 372 g/mol. The minimum atomic E-state index is -0.867. The molecule has 0 aliphatic rings. The zero-order valence-electron chi connectivity index (χ0n) is 17.1. The fraction of sp³-hybridized carbons (Fsp3) is 0.409. The quantitative estimate of drug-likeness (QED) is 0.434. The Hall–Kier alpha value is -2.77. The topological polar surface area (TPSA) is 111 Å². The average molecular weight is 402 g/mol. The molecule has 0 aliphatic carbocycles. The van der Waals surface area contributed by atoms with Gasteiger partial charge in [-0.05, 0) is 50.5 Å². The van der Waals surface area contributed by atoms with Gasteiger partial charge in [0.2, 0.25) is 0 Å². The number of benzene rings is 2. The summed E-state index contributed by atoms with van der Waals surface area (Å²) in [6, 6.07) is 13.6. The number of carbonyl (C=O) groups is 1. The molecule has 0 radical (unpaired) electrons. The summed E-state index contributed by atoms with van der Waals surface area (Å²) in [6.07, 6.45) is -1.00. The first-order valence-corrected chi connectivity index (χ1v) is 9.57.